The molecule has 1 amide bonds. The smallest absolute Gasteiger partial charge is 0.356 e. The third-order valence-electron chi connectivity index (χ3n) is 2.96. The number of rotatable bonds is 3. The van der Waals surface area contributed by atoms with E-state index >= 15 is 0 Å². The van der Waals surface area contributed by atoms with E-state index in [1.54, 1.807) is 6.07 Å². The summed E-state index contributed by atoms with van der Waals surface area (Å²) in [5, 5.41) is 12.5. The van der Waals surface area contributed by atoms with Gasteiger partial charge in [-0.25, -0.2) is 14.8 Å². The number of carboxylic acid groups (broad SMARTS) is 1. The molecule has 0 bridgehead atoms. The molecule has 22 heavy (non-hydrogen) atoms. The third-order valence-corrected chi connectivity index (χ3v) is 2.96. The number of pyridine rings is 1. The van der Waals surface area contributed by atoms with Crippen molar-refractivity contribution >= 4 is 28.5 Å². The summed E-state index contributed by atoms with van der Waals surface area (Å²) in [5.41, 5.74) is 0.605. The number of carboxylic acids is 1. The fourth-order valence-corrected chi connectivity index (χ4v) is 1.99. The molecule has 3 rings (SSSR count). The summed E-state index contributed by atoms with van der Waals surface area (Å²) in [7, 11) is 0. The van der Waals surface area contributed by atoms with Crippen molar-refractivity contribution in [2.24, 2.45) is 0 Å². The summed E-state index contributed by atoms with van der Waals surface area (Å²) in [6.45, 7) is 0. The molecule has 2 N–H and O–H groups in total. The minimum Gasteiger partial charge on any atom is -0.476 e. The zero-order valence-corrected chi connectivity index (χ0v) is 11.2. The zero-order valence-electron chi connectivity index (χ0n) is 11.2. The number of carbonyl (C=O) groups is 2. The van der Waals surface area contributed by atoms with Gasteiger partial charge in [0.1, 0.15) is 0 Å². The summed E-state index contributed by atoms with van der Waals surface area (Å²) in [4.78, 5) is 34.9. The molecule has 2 aromatic heterocycles. The normalized spacial score (nSPS) is 10.4. The molecule has 0 aliphatic heterocycles. The molecule has 7 nitrogen and oxygen atoms in total. The molecule has 0 atom stereocenters. The molecule has 0 unspecified atom stereocenters. The fourth-order valence-electron chi connectivity index (χ4n) is 1.99. The van der Waals surface area contributed by atoms with E-state index in [0.717, 1.165) is 10.9 Å². The first-order valence-electron chi connectivity index (χ1n) is 6.35. The zero-order chi connectivity index (χ0) is 15.5. The van der Waals surface area contributed by atoms with Crippen molar-refractivity contribution in [1.82, 2.24) is 15.0 Å². The Morgan fingerprint density at radius 3 is 2.50 bits per heavy atom. The van der Waals surface area contributed by atoms with Crippen LogP contribution in [0, 0.1) is 0 Å². The van der Waals surface area contributed by atoms with Crippen LogP contribution in [0.15, 0.2) is 48.9 Å². The number of fused-ring (bicyclic) bond motifs is 1. The third kappa shape index (κ3) is 2.59. The number of para-hydroxylation sites is 1. The van der Waals surface area contributed by atoms with E-state index < -0.39 is 17.6 Å². The molecule has 3 aromatic rings. The second kappa shape index (κ2) is 5.57. The minimum absolute atomic E-state index is 0.247. The van der Waals surface area contributed by atoms with Crippen LogP contribution in [-0.2, 0) is 0 Å². The van der Waals surface area contributed by atoms with Crippen LogP contribution in [-0.4, -0.2) is 31.9 Å². The Morgan fingerprint density at radius 1 is 1.00 bits per heavy atom. The maximum atomic E-state index is 12.2. The van der Waals surface area contributed by atoms with Gasteiger partial charge in [-0.15, -0.1) is 0 Å². The van der Waals surface area contributed by atoms with E-state index in [2.05, 4.69) is 20.3 Å². The Hall–Kier alpha value is -3.35. The molecule has 0 radical (unpaired) electrons. The number of hydrogen-bond donors (Lipinski definition) is 2. The molecule has 0 saturated heterocycles. The van der Waals surface area contributed by atoms with Gasteiger partial charge in [0.2, 0.25) is 0 Å². The van der Waals surface area contributed by atoms with E-state index in [-0.39, 0.29) is 5.69 Å². The molecular formula is C15H10N4O3. The van der Waals surface area contributed by atoms with Gasteiger partial charge < -0.3 is 10.4 Å². The van der Waals surface area contributed by atoms with Crippen LogP contribution in [0.5, 0.6) is 0 Å². The van der Waals surface area contributed by atoms with Crippen molar-refractivity contribution in [2.45, 2.75) is 0 Å². The predicted molar refractivity (Wildman–Crippen MR) is 78.7 cm³/mol. The van der Waals surface area contributed by atoms with Crippen molar-refractivity contribution < 1.29 is 14.7 Å². The van der Waals surface area contributed by atoms with Crippen LogP contribution in [0.1, 0.15) is 21.0 Å². The average Bonchev–Trinajstić information content (AvgIpc) is 2.54. The fraction of sp³-hybridized carbons (Fsp3) is 0. The molecule has 2 heterocycles. The number of nitrogens with zero attached hydrogens (tertiary/aromatic N) is 3. The van der Waals surface area contributed by atoms with Crippen molar-refractivity contribution in [3.05, 3.63) is 60.3 Å². The summed E-state index contributed by atoms with van der Waals surface area (Å²) in [5.74, 6) is -1.96. The van der Waals surface area contributed by atoms with Gasteiger partial charge in [0.15, 0.2) is 11.4 Å². The van der Waals surface area contributed by atoms with Crippen molar-refractivity contribution in [3.63, 3.8) is 0 Å². The number of benzene rings is 1. The largest absolute Gasteiger partial charge is 0.476 e. The lowest BCUT2D eigenvalue weighted by Gasteiger charge is -2.06. The lowest BCUT2D eigenvalue weighted by Crippen LogP contribution is -2.19. The van der Waals surface area contributed by atoms with Gasteiger partial charge in [0.05, 0.1) is 17.4 Å². The minimum atomic E-state index is -1.31. The monoisotopic (exact) mass is 294 g/mol. The van der Waals surface area contributed by atoms with Crippen LogP contribution in [0.3, 0.4) is 0 Å². The Labute approximate surface area is 124 Å². The van der Waals surface area contributed by atoms with Crippen LogP contribution in [0.4, 0.5) is 5.69 Å². The Bertz CT molecular complexity index is 879. The number of amides is 1. The molecular weight excluding hydrogens is 284 g/mol. The highest BCUT2D eigenvalue weighted by Gasteiger charge is 2.19. The van der Waals surface area contributed by atoms with Crippen LogP contribution >= 0.6 is 0 Å². The SMILES string of the molecule is O=C(O)c1nccnc1C(=O)Nc1cnc2ccccc2c1. The number of aromatic carboxylic acids is 1. The van der Waals surface area contributed by atoms with Crippen molar-refractivity contribution in [1.29, 1.82) is 0 Å². The van der Waals surface area contributed by atoms with Gasteiger partial charge in [-0.2, -0.15) is 0 Å². The van der Waals surface area contributed by atoms with Crippen LogP contribution in [0.2, 0.25) is 0 Å². The second-order valence-electron chi connectivity index (χ2n) is 4.43. The maximum Gasteiger partial charge on any atom is 0.356 e. The molecule has 0 aliphatic rings. The van der Waals surface area contributed by atoms with E-state index in [1.807, 2.05) is 24.3 Å². The highest BCUT2D eigenvalue weighted by Crippen LogP contribution is 2.16. The van der Waals surface area contributed by atoms with E-state index in [0.29, 0.717) is 5.69 Å². The Kier molecular flexibility index (Phi) is 3.45. The van der Waals surface area contributed by atoms with E-state index in [9.17, 15) is 9.59 Å². The molecule has 108 valence electrons. The summed E-state index contributed by atoms with van der Waals surface area (Å²) in [6.07, 6.45) is 3.98. The Morgan fingerprint density at radius 2 is 1.73 bits per heavy atom. The first kappa shape index (κ1) is 13.6. The lowest BCUT2D eigenvalue weighted by atomic mass is 10.2. The standard InChI is InChI=1S/C15H10N4O3/c20-14(12-13(15(21)22)17-6-5-16-12)19-10-7-9-3-1-2-4-11(9)18-8-10/h1-8H,(H,19,20)(H,21,22). The number of anilines is 1. The highest BCUT2D eigenvalue weighted by molar-refractivity contribution is 6.08. The van der Waals surface area contributed by atoms with Gasteiger partial charge in [-0.05, 0) is 12.1 Å². The predicted octanol–water partition coefficient (Wildman–Crippen LogP) is 1.98. The van der Waals surface area contributed by atoms with Gasteiger partial charge in [-0.3, -0.25) is 9.78 Å². The molecule has 0 aliphatic carbocycles. The number of nitrogens with one attached hydrogen (secondary N) is 1. The molecule has 1 aromatic carbocycles. The summed E-state index contributed by atoms with van der Waals surface area (Å²) < 4.78 is 0. The quantitative estimate of drug-likeness (QED) is 0.765. The van der Waals surface area contributed by atoms with Crippen molar-refractivity contribution in [2.75, 3.05) is 5.32 Å². The highest BCUT2D eigenvalue weighted by atomic mass is 16.4. The number of carbonyl (C=O) groups excluding carboxylic acids is 1. The summed E-state index contributed by atoms with van der Waals surface area (Å²) in [6, 6.07) is 9.19. The number of hydrogen-bond acceptors (Lipinski definition) is 5. The first-order chi connectivity index (χ1) is 10.6. The molecule has 0 saturated carbocycles. The maximum absolute atomic E-state index is 12.2. The second-order valence-corrected chi connectivity index (χ2v) is 4.43. The van der Waals surface area contributed by atoms with E-state index in [4.69, 9.17) is 5.11 Å². The van der Waals surface area contributed by atoms with Gasteiger partial charge in [-0.1, -0.05) is 18.2 Å². The Balaban J connectivity index is 1.91. The summed E-state index contributed by atoms with van der Waals surface area (Å²) >= 11 is 0. The number of aromatic nitrogens is 3. The van der Waals surface area contributed by atoms with Gasteiger partial charge in [0, 0.05) is 17.8 Å². The van der Waals surface area contributed by atoms with Crippen molar-refractivity contribution in [3.8, 4) is 0 Å². The average molecular weight is 294 g/mol. The molecule has 0 spiro atoms. The molecule has 7 heteroatoms. The lowest BCUT2D eigenvalue weighted by molar-refractivity contribution is 0.0685. The first-order valence-corrected chi connectivity index (χ1v) is 6.35. The van der Waals surface area contributed by atoms with Crippen LogP contribution < -0.4 is 5.32 Å². The van der Waals surface area contributed by atoms with Gasteiger partial charge >= 0.3 is 5.97 Å². The van der Waals surface area contributed by atoms with E-state index in [1.165, 1.54) is 18.6 Å². The topological polar surface area (TPSA) is 105 Å². The van der Waals surface area contributed by atoms with Crippen LogP contribution in [0.25, 0.3) is 10.9 Å². The van der Waals surface area contributed by atoms with Gasteiger partial charge in [0.25, 0.3) is 5.91 Å². The molecule has 0 fully saturated rings.